The zero-order valence-corrected chi connectivity index (χ0v) is 18.6. The molecule has 3 amide bonds. The number of carboxylic acid groups (broad SMARTS) is 1. The number of ether oxygens (including phenoxy) is 1. The predicted molar refractivity (Wildman–Crippen MR) is 112 cm³/mol. The Morgan fingerprint density at radius 2 is 1.62 bits per heavy atom. The molecular weight excluding hydrogens is 427 g/mol. The first-order valence-corrected chi connectivity index (χ1v) is 10.7. The van der Waals surface area contributed by atoms with Gasteiger partial charge in [-0.05, 0) is 44.9 Å². The van der Waals surface area contributed by atoms with Crippen LogP contribution in [0.3, 0.4) is 0 Å². The quantitative estimate of drug-likeness (QED) is 0.726. The molecule has 178 valence electrons. The monoisotopic (exact) mass is 457 g/mol. The molecule has 7 nitrogen and oxygen atoms in total. The molecule has 10 heteroatoms. The van der Waals surface area contributed by atoms with Gasteiger partial charge >= 0.3 is 18.3 Å². The van der Waals surface area contributed by atoms with Crippen molar-refractivity contribution in [3.05, 3.63) is 35.4 Å². The Bertz CT molecular complexity index is 817. The van der Waals surface area contributed by atoms with E-state index in [0.717, 1.165) is 12.1 Å². The van der Waals surface area contributed by atoms with Gasteiger partial charge in [0.05, 0.1) is 24.8 Å². The van der Waals surface area contributed by atoms with E-state index in [9.17, 15) is 27.9 Å². The van der Waals surface area contributed by atoms with Gasteiger partial charge in [-0.1, -0.05) is 12.1 Å². The van der Waals surface area contributed by atoms with Crippen molar-refractivity contribution in [2.24, 2.45) is 0 Å². The van der Waals surface area contributed by atoms with E-state index in [2.05, 4.69) is 0 Å². The standard InChI is InChI=1S/C22H30F3N3O4/c1-21(2,3)28(20(30)31)18-12-16(15-4-6-17(7-5-15)22(23,24)25)13-27(14-18)19(29)26-8-10-32-11-9-26/h4-7,16,18H,8-14H2,1-3H3,(H,30,31). The summed E-state index contributed by atoms with van der Waals surface area (Å²) in [4.78, 5) is 29.9. The third-order valence-corrected chi connectivity index (χ3v) is 5.98. The first-order chi connectivity index (χ1) is 14.9. The maximum atomic E-state index is 13.2. The molecule has 2 fully saturated rings. The van der Waals surface area contributed by atoms with Gasteiger partial charge in [0.15, 0.2) is 0 Å². The van der Waals surface area contributed by atoms with E-state index >= 15 is 0 Å². The molecule has 0 saturated carbocycles. The van der Waals surface area contributed by atoms with Crippen LogP contribution in [-0.2, 0) is 10.9 Å². The fourth-order valence-corrected chi connectivity index (χ4v) is 4.55. The molecule has 0 aromatic heterocycles. The Balaban J connectivity index is 1.90. The number of piperidine rings is 1. The Morgan fingerprint density at radius 3 is 2.12 bits per heavy atom. The van der Waals surface area contributed by atoms with Gasteiger partial charge in [-0.3, -0.25) is 4.90 Å². The highest BCUT2D eigenvalue weighted by molar-refractivity contribution is 5.75. The number of hydrogen-bond acceptors (Lipinski definition) is 3. The molecule has 0 aliphatic carbocycles. The minimum Gasteiger partial charge on any atom is -0.465 e. The number of morpholine rings is 1. The highest BCUT2D eigenvalue weighted by atomic mass is 19.4. The van der Waals surface area contributed by atoms with E-state index in [0.29, 0.717) is 44.8 Å². The van der Waals surface area contributed by atoms with E-state index < -0.39 is 29.4 Å². The van der Waals surface area contributed by atoms with Crippen LogP contribution in [0.5, 0.6) is 0 Å². The number of halogens is 3. The van der Waals surface area contributed by atoms with Crippen LogP contribution in [-0.4, -0.2) is 82.9 Å². The second-order valence-corrected chi connectivity index (χ2v) is 9.32. The average molecular weight is 457 g/mol. The first kappa shape index (κ1) is 24.2. The number of likely N-dealkylation sites (tertiary alicyclic amines) is 1. The van der Waals surface area contributed by atoms with E-state index in [4.69, 9.17) is 4.74 Å². The van der Waals surface area contributed by atoms with Crippen molar-refractivity contribution in [3.63, 3.8) is 0 Å². The van der Waals surface area contributed by atoms with E-state index in [1.165, 1.54) is 17.0 Å². The van der Waals surface area contributed by atoms with Gasteiger partial charge in [-0.25, -0.2) is 9.59 Å². The molecule has 1 aromatic rings. The molecule has 2 aliphatic rings. The lowest BCUT2D eigenvalue weighted by Crippen LogP contribution is -2.60. The van der Waals surface area contributed by atoms with Crippen molar-refractivity contribution in [1.29, 1.82) is 0 Å². The number of urea groups is 1. The lowest BCUT2D eigenvalue weighted by Gasteiger charge is -2.47. The molecule has 0 radical (unpaired) electrons. The lowest BCUT2D eigenvalue weighted by atomic mass is 9.85. The summed E-state index contributed by atoms with van der Waals surface area (Å²) < 4.78 is 44.3. The third-order valence-electron chi connectivity index (χ3n) is 5.98. The average Bonchev–Trinajstić information content (AvgIpc) is 2.72. The van der Waals surface area contributed by atoms with Crippen molar-refractivity contribution in [2.75, 3.05) is 39.4 Å². The summed E-state index contributed by atoms with van der Waals surface area (Å²) in [6, 6.07) is 4.23. The third kappa shape index (κ3) is 5.46. The summed E-state index contributed by atoms with van der Waals surface area (Å²) in [5.41, 5.74) is -0.787. The molecule has 2 unspecified atom stereocenters. The molecule has 3 rings (SSSR count). The highest BCUT2D eigenvalue weighted by Crippen LogP contribution is 2.35. The van der Waals surface area contributed by atoms with Crippen LogP contribution >= 0.6 is 0 Å². The second kappa shape index (κ2) is 9.17. The second-order valence-electron chi connectivity index (χ2n) is 9.32. The Labute approximate surface area is 185 Å². The normalized spacial score (nSPS) is 22.6. The first-order valence-electron chi connectivity index (χ1n) is 10.7. The summed E-state index contributed by atoms with van der Waals surface area (Å²) in [5.74, 6) is -0.287. The number of amides is 3. The Kier molecular flexibility index (Phi) is 6.92. The van der Waals surface area contributed by atoms with Gasteiger partial charge in [0.25, 0.3) is 0 Å². The van der Waals surface area contributed by atoms with Crippen LogP contribution in [0.15, 0.2) is 24.3 Å². The largest absolute Gasteiger partial charge is 0.465 e. The zero-order valence-electron chi connectivity index (χ0n) is 18.6. The van der Waals surface area contributed by atoms with E-state index in [1.807, 2.05) is 0 Å². The van der Waals surface area contributed by atoms with Crippen LogP contribution < -0.4 is 0 Å². The summed E-state index contributed by atoms with van der Waals surface area (Å²) in [7, 11) is 0. The van der Waals surface area contributed by atoms with Crippen molar-refractivity contribution < 1.29 is 32.6 Å². The number of rotatable bonds is 2. The molecule has 0 spiro atoms. The summed E-state index contributed by atoms with van der Waals surface area (Å²) >= 11 is 0. The SMILES string of the molecule is CC(C)(C)N(C(=O)O)C1CC(c2ccc(C(F)(F)F)cc2)CN(C(=O)N2CCOCC2)C1. The maximum Gasteiger partial charge on any atom is 0.416 e. The minimum atomic E-state index is -4.43. The smallest absolute Gasteiger partial charge is 0.416 e. The Morgan fingerprint density at radius 1 is 1.03 bits per heavy atom. The number of nitrogens with zero attached hydrogens (tertiary/aromatic N) is 3. The predicted octanol–water partition coefficient (Wildman–Crippen LogP) is 4.09. The molecule has 2 heterocycles. The van der Waals surface area contributed by atoms with Crippen LogP contribution in [0.2, 0.25) is 0 Å². The fourth-order valence-electron chi connectivity index (χ4n) is 4.55. The van der Waals surface area contributed by atoms with Crippen molar-refractivity contribution in [3.8, 4) is 0 Å². The van der Waals surface area contributed by atoms with Crippen molar-refractivity contribution >= 4 is 12.1 Å². The molecule has 2 aliphatic heterocycles. The molecule has 2 saturated heterocycles. The number of carbonyl (C=O) groups is 2. The topological polar surface area (TPSA) is 73.3 Å². The molecule has 1 N–H and O–H groups in total. The molecule has 32 heavy (non-hydrogen) atoms. The summed E-state index contributed by atoms with van der Waals surface area (Å²) in [6.45, 7) is 7.69. The summed E-state index contributed by atoms with van der Waals surface area (Å²) in [6.07, 6.45) is -5.10. The Hall–Kier alpha value is -2.49. The molecular formula is C22H30F3N3O4. The van der Waals surface area contributed by atoms with Gasteiger partial charge in [0.2, 0.25) is 0 Å². The fraction of sp³-hybridized carbons (Fsp3) is 0.636. The van der Waals surface area contributed by atoms with Gasteiger partial charge < -0.3 is 19.6 Å². The number of hydrogen-bond donors (Lipinski definition) is 1. The lowest BCUT2D eigenvalue weighted by molar-refractivity contribution is -0.137. The van der Waals surface area contributed by atoms with Gasteiger partial charge in [-0.15, -0.1) is 0 Å². The van der Waals surface area contributed by atoms with Crippen LogP contribution in [0, 0.1) is 0 Å². The highest BCUT2D eigenvalue weighted by Gasteiger charge is 2.41. The van der Waals surface area contributed by atoms with Crippen molar-refractivity contribution in [2.45, 2.75) is 50.9 Å². The number of alkyl halides is 3. The molecule has 2 atom stereocenters. The van der Waals surface area contributed by atoms with Gasteiger partial charge in [0.1, 0.15) is 0 Å². The minimum absolute atomic E-state index is 0.200. The number of benzene rings is 1. The number of carbonyl (C=O) groups excluding carboxylic acids is 1. The molecule has 0 bridgehead atoms. The maximum absolute atomic E-state index is 13.2. The van der Waals surface area contributed by atoms with E-state index in [1.54, 1.807) is 30.6 Å². The van der Waals surface area contributed by atoms with Gasteiger partial charge in [-0.2, -0.15) is 13.2 Å². The molecule has 1 aromatic carbocycles. The van der Waals surface area contributed by atoms with E-state index in [-0.39, 0.29) is 18.5 Å². The van der Waals surface area contributed by atoms with Crippen molar-refractivity contribution in [1.82, 2.24) is 14.7 Å². The summed E-state index contributed by atoms with van der Waals surface area (Å²) in [5, 5.41) is 9.89. The van der Waals surface area contributed by atoms with Crippen LogP contribution in [0.1, 0.15) is 44.2 Å². The van der Waals surface area contributed by atoms with Crippen LogP contribution in [0.25, 0.3) is 0 Å². The van der Waals surface area contributed by atoms with Gasteiger partial charge in [0, 0.05) is 37.6 Å². The van der Waals surface area contributed by atoms with Crippen LogP contribution in [0.4, 0.5) is 22.8 Å². The zero-order chi connectivity index (χ0) is 23.7.